The normalized spacial score (nSPS) is 11.1. The minimum atomic E-state index is -0.115. The first-order valence-corrected chi connectivity index (χ1v) is 7.75. The highest BCUT2D eigenvalue weighted by molar-refractivity contribution is 5.99. The summed E-state index contributed by atoms with van der Waals surface area (Å²) >= 11 is 0. The van der Waals surface area contributed by atoms with Crippen molar-refractivity contribution in [2.24, 2.45) is 5.92 Å². The molecule has 0 bridgehead atoms. The molecule has 0 aliphatic rings. The standard InChI is InChI=1S/C19H20N2O2/c1-13(2)11-21(3)19(22)18-17(12-23-20-18)16-9-8-14-6-4-5-7-15(14)10-16/h4-10,12-13H,11H2,1-3H3. The number of aromatic nitrogens is 1. The predicted octanol–water partition coefficient (Wildman–Crippen LogP) is 4.22. The van der Waals surface area contributed by atoms with Gasteiger partial charge in [-0.2, -0.15) is 0 Å². The molecule has 0 saturated carbocycles. The van der Waals surface area contributed by atoms with Gasteiger partial charge in [0, 0.05) is 13.6 Å². The van der Waals surface area contributed by atoms with Gasteiger partial charge >= 0.3 is 0 Å². The summed E-state index contributed by atoms with van der Waals surface area (Å²) in [6.45, 7) is 4.84. The van der Waals surface area contributed by atoms with Crippen LogP contribution in [0.15, 0.2) is 53.3 Å². The van der Waals surface area contributed by atoms with Gasteiger partial charge in [-0.1, -0.05) is 55.4 Å². The van der Waals surface area contributed by atoms with Crippen molar-refractivity contribution in [1.29, 1.82) is 0 Å². The highest BCUT2D eigenvalue weighted by Crippen LogP contribution is 2.27. The summed E-state index contributed by atoms with van der Waals surface area (Å²) in [6, 6.07) is 14.2. The Labute approximate surface area is 135 Å². The summed E-state index contributed by atoms with van der Waals surface area (Å²) in [4.78, 5) is 14.3. The number of carbonyl (C=O) groups excluding carboxylic acids is 1. The first-order chi connectivity index (χ1) is 11.1. The number of amides is 1. The lowest BCUT2D eigenvalue weighted by Gasteiger charge is -2.18. The molecule has 0 atom stereocenters. The van der Waals surface area contributed by atoms with Gasteiger partial charge in [-0.25, -0.2) is 0 Å². The Balaban J connectivity index is 1.97. The number of hydrogen-bond acceptors (Lipinski definition) is 3. The lowest BCUT2D eigenvalue weighted by atomic mass is 10.0. The lowest BCUT2D eigenvalue weighted by molar-refractivity contribution is 0.0769. The average Bonchev–Trinajstić information content (AvgIpc) is 3.02. The summed E-state index contributed by atoms with van der Waals surface area (Å²) in [5, 5.41) is 6.22. The molecule has 0 N–H and O–H groups in total. The molecule has 4 heteroatoms. The maximum absolute atomic E-state index is 12.6. The van der Waals surface area contributed by atoms with Crippen LogP contribution >= 0.6 is 0 Å². The van der Waals surface area contributed by atoms with Crippen LogP contribution < -0.4 is 0 Å². The molecule has 1 amide bonds. The third-order valence-corrected chi connectivity index (χ3v) is 3.82. The minimum absolute atomic E-state index is 0.115. The van der Waals surface area contributed by atoms with Crippen LogP contribution in [0.1, 0.15) is 24.3 Å². The van der Waals surface area contributed by atoms with Gasteiger partial charge in [-0.3, -0.25) is 4.79 Å². The number of benzene rings is 2. The van der Waals surface area contributed by atoms with Crippen molar-refractivity contribution in [3.8, 4) is 11.1 Å². The Morgan fingerprint density at radius 3 is 2.65 bits per heavy atom. The van der Waals surface area contributed by atoms with Gasteiger partial charge in [0.2, 0.25) is 0 Å². The van der Waals surface area contributed by atoms with Crippen LogP contribution in [0.5, 0.6) is 0 Å². The Hall–Kier alpha value is -2.62. The molecular weight excluding hydrogens is 288 g/mol. The molecule has 1 heterocycles. The molecule has 0 unspecified atom stereocenters. The van der Waals surface area contributed by atoms with E-state index in [9.17, 15) is 4.79 Å². The van der Waals surface area contributed by atoms with Crippen molar-refractivity contribution in [1.82, 2.24) is 10.1 Å². The van der Waals surface area contributed by atoms with E-state index in [1.54, 1.807) is 18.2 Å². The first kappa shape index (κ1) is 15.3. The molecule has 0 spiro atoms. The van der Waals surface area contributed by atoms with Crippen LogP contribution in [-0.2, 0) is 0 Å². The summed E-state index contributed by atoms with van der Waals surface area (Å²) in [6.07, 6.45) is 1.54. The van der Waals surface area contributed by atoms with Crippen molar-refractivity contribution >= 4 is 16.7 Å². The third-order valence-electron chi connectivity index (χ3n) is 3.82. The molecule has 2 aromatic carbocycles. The smallest absolute Gasteiger partial charge is 0.276 e. The van der Waals surface area contributed by atoms with Crippen molar-refractivity contribution in [3.63, 3.8) is 0 Å². The molecule has 0 aliphatic heterocycles. The van der Waals surface area contributed by atoms with Crippen LogP contribution in [0.4, 0.5) is 0 Å². The molecule has 0 aliphatic carbocycles. The first-order valence-electron chi connectivity index (χ1n) is 7.75. The molecule has 0 radical (unpaired) electrons. The number of hydrogen-bond donors (Lipinski definition) is 0. The van der Waals surface area contributed by atoms with Gasteiger partial charge in [-0.05, 0) is 28.3 Å². The van der Waals surface area contributed by atoms with Crippen molar-refractivity contribution in [2.75, 3.05) is 13.6 Å². The average molecular weight is 308 g/mol. The number of nitrogens with zero attached hydrogens (tertiary/aromatic N) is 2. The summed E-state index contributed by atoms with van der Waals surface area (Å²) in [7, 11) is 1.79. The van der Waals surface area contributed by atoms with Crippen molar-refractivity contribution in [2.45, 2.75) is 13.8 Å². The summed E-state index contributed by atoms with van der Waals surface area (Å²) < 4.78 is 5.09. The van der Waals surface area contributed by atoms with Gasteiger partial charge in [0.25, 0.3) is 5.91 Å². The zero-order valence-corrected chi connectivity index (χ0v) is 13.6. The number of fused-ring (bicyclic) bond motifs is 1. The zero-order chi connectivity index (χ0) is 16.4. The van der Waals surface area contributed by atoms with E-state index in [-0.39, 0.29) is 5.91 Å². The minimum Gasteiger partial charge on any atom is -0.363 e. The van der Waals surface area contributed by atoms with E-state index >= 15 is 0 Å². The van der Waals surface area contributed by atoms with E-state index in [4.69, 9.17) is 4.52 Å². The van der Waals surface area contributed by atoms with Crippen LogP contribution in [0, 0.1) is 5.92 Å². The Morgan fingerprint density at radius 1 is 1.17 bits per heavy atom. The molecule has 4 nitrogen and oxygen atoms in total. The van der Waals surface area contributed by atoms with E-state index in [1.807, 2.05) is 24.3 Å². The van der Waals surface area contributed by atoms with Gasteiger partial charge in [0.05, 0.1) is 5.56 Å². The van der Waals surface area contributed by atoms with Gasteiger partial charge in [-0.15, -0.1) is 0 Å². The van der Waals surface area contributed by atoms with E-state index in [2.05, 4.69) is 37.2 Å². The number of carbonyl (C=O) groups is 1. The molecule has 0 fully saturated rings. The van der Waals surface area contributed by atoms with E-state index in [0.29, 0.717) is 18.2 Å². The van der Waals surface area contributed by atoms with Gasteiger partial charge in [0.15, 0.2) is 5.69 Å². The quantitative estimate of drug-likeness (QED) is 0.725. The summed E-state index contributed by atoms with van der Waals surface area (Å²) in [5.74, 6) is 0.288. The maximum Gasteiger partial charge on any atom is 0.276 e. The largest absolute Gasteiger partial charge is 0.363 e. The van der Waals surface area contributed by atoms with Crippen LogP contribution in [0.25, 0.3) is 21.9 Å². The maximum atomic E-state index is 12.6. The molecule has 3 aromatic rings. The SMILES string of the molecule is CC(C)CN(C)C(=O)c1nocc1-c1ccc2ccccc2c1. The highest BCUT2D eigenvalue weighted by Gasteiger charge is 2.21. The fourth-order valence-electron chi connectivity index (χ4n) is 2.76. The molecule has 23 heavy (non-hydrogen) atoms. The second kappa shape index (κ2) is 6.24. The second-order valence-corrected chi connectivity index (χ2v) is 6.22. The monoisotopic (exact) mass is 308 g/mol. The van der Waals surface area contributed by atoms with E-state index in [1.165, 1.54) is 0 Å². The third kappa shape index (κ3) is 3.11. The van der Waals surface area contributed by atoms with Crippen molar-refractivity contribution in [3.05, 3.63) is 54.4 Å². The van der Waals surface area contributed by atoms with Crippen molar-refractivity contribution < 1.29 is 9.32 Å². The zero-order valence-electron chi connectivity index (χ0n) is 13.6. The van der Waals surface area contributed by atoms with Gasteiger partial charge < -0.3 is 9.42 Å². The molecule has 0 saturated heterocycles. The molecule has 118 valence electrons. The second-order valence-electron chi connectivity index (χ2n) is 6.22. The molecule has 3 rings (SSSR count). The Bertz CT molecular complexity index is 836. The van der Waals surface area contributed by atoms with Crippen LogP contribution in [0.3, 0.4) is 0 Å². The molecular formula is C19H20N2O2. The molecule has 1 aromatic heterocycles. The van der Waals surface area contributed by atoms with E-state index in [0.717, 1.165) is 21.9 Å². The Morgan fingerprint density at radius 2 is 1.91 bits per heavy atom. The van der Waals surface area contributed by atoms with Gasteiger partial charge in [0.1, 0.15) is 6.26 Å². The fourth-order valence-corrected chi connectivity index (χ4v) is 2.76. The lowest BCUT2D eigenvalue weighted by Crippen LogP contribution is -2.30. The highest BCUT2D eigenvalue weighted by atomic mass is 16.5. The van der Waals surface area contributed by atoms with Crippen LogP contribution in [0.2, 0.25) is 0 Å². The number of rotatable bonds is 4. The van der Waals surface area contributed by atoms with Crippen LogP contribution in [-0.4, -0.2) is 29.6 Å². The summed E-state index contributed by atoms with van der Waals surface area (Å²) in [5.41, 5.74) is 2.03. The fraction of sp³-hybridized carbons (Fsp3) is 0.263. The predicted molar refractivity (Wildman–Crippen MR) is 91.2 cm³/mol. The Kier molecular flexibility index (Phi) is 4.15. The topological polar surface area (TPSA) is 46.3 Å². The van der Waals surface area contributed by atoms with E-state index < -0.39 is 0 Å².